The van der Waals surface area contributed by atoms with Crippen LogP contribution in [-0.4, -0.2) is 186 Å². The van der Waals surface area contributed by atoms with Gasteiger partial charge in [-0.05, 0) is 233 Å². The number of ether oxygens (including phenoxy) is 6. The molecule has 5 aliphatic carbocycles. The van der Waals surface area contributed by atoms with Crippen LogP contribution in [0.5, 0.6) is 0 Å². The van der Waals surface area contributed by atoms with Crippen molar-refractivity contribution in [1.82, 2.24) is 36.0 Å². The Labute approximate surface area is 780 Å². The summed E-state index contributed by atoms with van der Waals surface area (Å²) in [7, 11) is 7.25. The normalized spacial score (nSPS) is 13.1. The summed E-state index contributed by atoms with van der Waals surface area (Å²) in [5.41, 5.74) is 22.9. The average molecular weight is 1830 g/mol. The molecule has 129 heavy (non-hydrogen) atoms. The second-order valence-corrected chi connectivity index (χ2v) is 35.6. The number of hydrogen-bond acceptors (Lipinski definition) is 16. The lowest BCUT2D eigenvalue weighted by Crippen LogP contribution is -2.33. The smallest absolute Gasteiger partial charge is 0.409 e. The Morgan fingerprint density at radius 1 is 0.380 bits per heavy atom. The van der Waals surface area contributed by atoms with Gasteiger partial charge in [0, 0.05) is 102 Å². The molecule has 7 N–H and O–H groups in total. The molecule has 26 heteroatoms. The van der Waals surface area contributed by atoms with Gasteiger partial charge in [-0.15, -0.1) is 24.8 Å². The minimum atomic E-state index is -0.824. The number of nitrogens with one attached hydrogen (secondary N) is 4. The van der Waals surface area contributed by atoms with Gasteiger partial charge in [-0.1, -0.05) is 220 Å². The maximum atomic E-state index is 12.6. The van der Waals surface area contributed by atoms with Crippen LogP contribution in [0, 0.1) is 5.41 Å². The third-order valence-electron chi connectivity index (χ3n) is 23.3. The molecule has 0 saturated heterocycles. The molecule has 0 radical (unpaired) electrons. The summed E-state index contributed by atoms with van der Waals surface area (Å²) < 4.78 is 32.3. The molecule has 698 valence electrons. The van der Waals surface area contributed by atoms with Crippen LogP contribution in [0.2, 0.25) is 0 Å². The maximum Gasteiger partial charge on any atom is 0.409 e. The highest BCUT2D eigenvalue weighted by Gasteiger charge is 2.39. The first-order valence-corrected chi connectivity index (χ1v) is 45.4. The minimum Gasteiger partial charge on any atom is -0.481 e. The molecule has 1 saturated carbocycles. The summed E-state index contributed by atoms with van der Waals surface area (Å²) in [6.45, 7) is 17.9. The van der Waals surface area contributed by atoms with Crippen LogP contribution in [0.4, 0.5) is 28.8 Å². The molecule has 8 aromatic rings. The van der Waals surface area contributed by atoms with Crippen LogP contribution < -0.4 is 27.0 Å². The molecule has 8 aromatic carbocycles. The molecule has 1 fully saturated rings. The minimum absolute atomic E-state index is 0. The molecular formula is C103H135Cl3N8O15. The molecule has 0 bridgehead atoms. The molecule has 0 spiro atoms. The van der Waals surface area contributed by atoms with Crippen LogP contribution >= 0.6 is 36.4 Å². The van der Waals surface area contributed by atoms with Crippen LogP contribution in [0.15, 0.2) is 194 Å². The van der Waals surface area contributed by atoms with E-state index in [1.807, 2.05) is 134 Å². The number of fused-ring (bicyclic) bond motifs is 12. The molecule has 5 aliphatic rings. The predicted molar refractivity (Wildman–Crippen MR) is 516 cm³/mol. The summed E-state index contributed by atoms with van der Waals surface area (Å²) in [6, 6.07) is 66.3. The van der Waals surface area contributed by atoms with E-state index >= 15 is 0 Å². The number of aliphatic carboxylic acids is 1. The van der Waals surface area contributed by atoms with Crippen LogP contribution in [0.25, 0.3) is 44.5 Å². The first-order chi connectivity index (χ1) is 61.1. The number of nitrogens with two attached hydrogens (primary N) is 1. The molecule has 23 nitrogen and oxygen atoms in total. The number of unbranched alkanes of at least 4 members (excludes halogenated alkanes) is 8. The maximum absolute atomic E-state index is 12.6. The highest BCUT2D eigenvalue weighted by Crippen LogP contribution is 2.49. The fourth-order valence-electron chi connectivity index (χ4n) is 17.1. The van der Waals surface area contributed by atoms with E-state index < -0.39 is 28.7 Å². The molecule has 0 aromatic heterocycles. The van der Waals surface area contributed by atoms with E-state index in [-0.39, 0.29) is 97.2 Å². The van der Waals surface area contributed by atoms with Gasteiger partial charge in [-0.2, -0.15) is 0 Å². The summed E-state index contributed by atoms with van der Waals surface area (Å²) >= 11 is 5.25. The van der Waals surface area contributed by atoms with Crippen LogP contribution in [-0.2, 0) is 38.0 Å². The lowest BCUT2D eigenvalue weighted by molar-refractivity contribution is -0.140. The van der Waals surface area contributed by atoms with Gasteiger partial charge in [0.25, 0.3) is 0 Å². The Balaban J connectivity index is 0.000000227. The Morgan fingerprint density at radius 3 is 0.899 bits per heavy atom. The molecule has 0 atom stereocenters. The fourth-order valence-corrected chi connectivity index (χ4v) is 17.1. The summed E-state index contributed by atoms with van der Waals surface area (Å²) in [6.07, 6.45) is 13.7. The summed E-state index contributed by atoms with van der Waals surface area (Å²) in [4.78, 5) is 99.4. The van der Waals surface area contributed by atoms with Crippen LogP contribution in [0.3, 0.4) is 0 Å². The van der Waals surface area contributed by atoms with Gasteiger partial charge in [0.1, 0.15) is 37.6 Å². The number of carbonyl (C=O) groups excluding carboxylic acids is 7. The van der Waals surface area contributed by atoms with E-state index in [4.69, 9.17) is 45.8 Å². The van der Waals surface area contributed by atoms with Crippen molar-refractivity contribution in [2.45, 2.75) is 192 Å². The zero-order valence-electron chi connectivity index (χ0n) is 76.8. The standard InChI is InChI=1S/C30H38N2O5.C26H34N2O4.C21H26N2O2.C15H11ClO2.C11H24N2O2.2ClH/c1-32(18-10-2-9-17-31-27(33)19-30(20-28(34)35)15-7-8-16-30)29(36)37-21-26-24-13-5-3-11-22(24)23-12-4-6-14-25(23)26;1-26(2,3)32-24(29)27-16-10-5-11-17-28(4)25(30)31-18-23-21-14-8-6-12-19(21)20-13-7-9-15-22(20)23;1-23(14-8-2-7-13-22)21(24)25-15-20-18-11-5-3-9-16(18)17-10-4-6-12-19(17)20;16-15(17)18-9-14-12-7-3-1-5-10(12)11-6-2-4-8-13(11)14;1-11(2,3)15-10(14)13-9-7-5-6-8-12-4;;/h3-6,11-14,26H,2,7-10,15-21H2,1H3,(H,31,33)(H,34,35);6-9,12-15,23H,5,10-11,16-18H2,1-4H3,(H,27,29);3-6,9-12,20H,2,7-8,13-15,22H2,1H3;1-8,14H,9H2;12H,5-9H2,1-4H3,(H,13,14);2*1H. The highest BCUT2D eigenvalue weighted by molar-refractivity contribution is 6.61. The third kappa shape index (κ3) is 32.7. The van der Waals surface area contributed by atoms with Crippen molar-refractivity contribution >= 4 is 84.2 Å². The van der Waals surface area contributed by atoms with Crippen molar-refractivity contribution in [3.63, 3.8) is 0 Å². The van der Waals surface area contributed by atoms with Gasteiger partial charge in [-0.25, -0.2) is 28.8 Å². The van der Waals surface area contributed by atoms with Crippen molar-refractivity contribution in [1.29, 1.82) is 0 Å². The van der Waals surface area contributed by atoms with E-state index in [0.29, 0.717) is 72.1 Å². The molecule has 6 amide bonds. The number of carbonyl (C=O) groups is 8. The number of hydrogen-bond donors (Lipinski definition) is 6. The number of rotatable bonds is 35. The first-order valence-electron chi connectivity index (χ1n) is 45.0. The first kappa shape index (κ1) is 105. The summed E-state index contributed by atoms with van der Waals surface area (Å²) in [5.74, 6) is -0.567. The van der Waals surface area contributed by atoms with Crippen molar-refractivity contribution in [2.24, 2.45) is 11.1 Å². The van der Waals surface area contributed by atoms with Crippen molar-refractivity contribution in [3.8, 4) is 44.5 Å². The number of carboxylic acids is 1. The predicted octanol–water partition coefficient (Wildman–Crippen LogP) is 22.1. The van der Waals surface area contributed by atoms with Crippen molar-refractivity contribution in [3.05, 3.63) is 239 Å². The topological polar surface area (TPSA) is 296 Å². The third-order valence-corrected chi connectivity index (χ3v) is 23.4. The van der Waals surface area contributed by atoms with Gasteiger partial charge in [-0.3, -0.25) is 9.59 Å². The second-order valence-electron chi connectivity index (χ2n) is 35.2. The number of carboxylic acid groups (broad SMARTS) is 1. The van der Waals surface area contributed by atoms with E-state index in [1.165, 1.54) is 89.0 Å². The van der Waals surface area contributed by atoms with Gasteiger partial charge in [0.2, 0.25) is 5.91 Å². The average Bonchev–Trinajstić information content (AvgIpc) is 1.63. The number of alkyl carbamates (subject to hydrolysis) is 2. The largest absolute Gasteiger partial charge is 0.481 e. The Morgan fingerprint density at radius 2 is 0.636 bits per heavy atom. The Hall–Kier alpha value is -10.7. The Kier molecular flexibility index (Phi) is 43.7. The van der Waals surface area contributed by atoms with Gasteiger partial charge < -0.3 is 75.2 Å². The van der Waals surface area contributed by atoms with Gasteiger partial charge in [0.15, 0.2) is 0 Å². The van der Waals surface area contributed by atoms with E-state index in [0.717, 1.165) is 109 Å². The van der Waals surface area contributed by atoms with Crippen molar-refractivity contribution < 1.29 is 71.9 Å². The van der Waals surface area contributed by atoms with E-state index in [2.05, 4.69) is 130 Å². The number of nitrogens with zero attached hydrogens (tertiary/aromatic N) is 3. The van der Waals surface area contributed by atoms with Crippen LogP contribution in [0.1, 0.15) is 225 Å². The zero-order valence-corrected chi connectivity index (χ0v) is 79.2. The van der Waals surface area contributed by atoms with Crippen molar-refractivity contribution in [2.75, 3.05) is 107 Å². The molecule has 0 aliphatic heterocycles. The molecular weight excluding hydrogens is 1700 g/mol. The van der Waals surface area contributed by atoms with E-state index in [9.17, 15) is 43.5 Å². The zero-order chi connectivity index (χ0) is 91.3. The lowest BCUT2D eigenvalue weighted by atomic mass is 9.79. The van der Waals surface area contributed by atoms with E-state index in [1.54, 1.807) is 35.8 Å². The number of halogens is 3. The lowest BCUT2D eigenvalue weighted by Gasteiger charge is -2.26. The Bertz CT molecular complexity index is 4720. The number of benzene rings is 8. The molecule has 0 unspecified atom stereocenters. The monoisotopic (exact) mass is 1830 g/mol. The SMILES string of the molecule is CN(CCCCCN)C(=O)OCC1c2ccccc2-c2ccccc21.CN(CCCCCNC(=O)CC1(CC(=O)O)CCCC1)C(=O)OCC1c2ccccc2-c2ccccc21.CN(CCCCCNC(=O)OC(C)(C)C)C(=O)OCC1c2ccccc2-c2ccccc21.CNCCCCCNC(=O)OC(C)(C)C.Cl.Cl.O=C(Cl)OCC1c2ccccc2-c2ccccc21. The van der Waals surface area contributed by atoms with Gasteiger partial charge in [0.05, 0.1) is 6.42 Å². The highest BCUT2D eigenvalue weighted by atomic mass is 35.5. The number of amides is 6. The molecule has 13 rings (SSSR count). The quantitative estimate of drug-likeness (QED) is 0.0122. The fraction of sp³-hybridized carbons (Fsp3) is 0.456. The summed E-state index contributed by atoms with van der Waals surface area (Å²) in [5, 5.41) is 20.7. The molecule has 0 heterocycles. The second kappa shape index (κ2) is 53.5. The van der Waals surface area contributed by atoms with Gasteiger partial charge >= 0.3 is 41.9 Å².